The van der Waals surface area contributed by atoms with Crippen LogP contribution in [0, 0.1) is 13.8 Å². The number of rotatable bonds is 4. The highest BCUT2D eigenvalue weighted by Gasteiger charge is 2.38. The fourth-order valence-corrected chi connectivity index (χ4v) is 7.16. The number of hydrogen-bond donors (Lipinski definition) is 1. The van der Waals surface area contributed by atoms with E-state index >= 15 is 0 Å². The van der Waals surface area contributed by atoms with Gasteiger partial charge in [0.25, 0.3) is 10.0 Å². The molecule has 11 heteroatoms. The minimum Gasteiger partial charge on any atom is -0.444 e. The summed E-state index contributed by atoms with van der Waals surface area (Å²) in [4.78, 5) is 29.7. The molecule has 2 aliphatic heterocycles. The van der Waals surface area contributed by atoms with Gasteiger partial charge in [-0.2, -0.15) is 4.31 Å². The number of cyclic esters (lactones) is 1. The number of aromatic nitrogens is 1. The van der Waals surface area contributed by atoms with E-state index in [0.717, 1.165) is 28.2 Å². The standard InChI is InChI=1S/C20H24N4O5S2/c1-12-5-4-6-15-11-29-20(26)24(17(12)15)16-7-9-23(10-8-16)31(27,28)18-13(2)21-19(30-18)22-14(3)25/h4-6,16H,7-11H2,1-3H3,(H,21,22,25). The Kier molecular flexibility index (Phi) is 5.75. The molecule has 0 spiro atoms. The predicted molar refractivity (Wildman–Crippen MR) is 117 cm³/mol. The molecule has 0 atom stereocenters. The van der Waals surface area contributed by atoms with Crippen LogP contribution >= 0.6 is 11.3 Å². The van der Waals surface area contributed by atoms with Crippen LogP contribution in [0.15, 0.2) is 22.4 Å². The maximum atomic E-state index is 13.2. The van der Waals surface area contributed by atoms with E-state index in [4.69, 9.17) is 4.74 Å². The number of piperidine rings is 1. The summed E-state index contributed by atoms with van der Waals surface area (Å²) in [5.74, 6) is -0.303. The number of aryl methyl sites for hydroxylation is 2. The molecule has 9 nitrogen and oxygen atoms in total. The van der Waals surface area contributed by atoms with Gasteiger partial charge in [-0.1, -0.05) is 29.5 Å². The Morgan fingerprint density at radius 1 is 1.26 bits per heavy atom. The van der Waals surface area contributed by atoms with Crippen LogP contribution in [0.5, 0.6) is 0 Å². The summed E-state index contributed by atoms with van der Waals surface area (Å²) < 4.78 is 33.3. The summed E-state index contributed by atoms with van der Waals surface area (Å²) in [6.45, 7) is 5.74. The minimum absolute atomic E-state index is 0.133. The van der Waals surface area contributed by atoms with Crippen molar-refractivity contribution in [2.45, 2.75) is 50.5 Å². The molecule has 0 aliphatic carbocycles. The fraction of sp³-hybridized carbons (Fsp3) is 0.450. The SMILES string of the molecule is CC(=O)Nc1nc(C)c(S(=O)(=O)N2CCC(N3C(=O)OCc4cccc(C)c43)CC2)s1. The van der Waals surface area contributed by atoms with Gasteiger partial charge in [0, 0.05) is 31.6 Å². The lowest BCUT2D eigenvalue weighted by Crippen LogP contribution is -2.50. The first kappa shape index (κ1) is 21.7. The van der Waals surface area contributed by atoms with Crippen molar-refractivity contribution < 1.29 is 22.7 Å². The van der Waals surface area contributed by atoms with E-state index in [1.165, 1.54) is 11.2 Å². The molecule has 2 amide bonds. The largest absolute Gasteiger partial charge is 0.444 e. The predicted octanol–water partition coefficient (Wildman–Crippen LogP) is 3.03. The Balaban J connectivity index is 1.52. The van der Waals surface area contributed by atoms with Crippen LogP contribution in [0.2, 0.25) is 0 Å². The van der Waals surface area contributed by atoms with E-state index in [0.29, 0.717) is 18.5 Å². The Morgan fingerprint density at radius 2 is 1.97 bits per heavy atom. The van der Waals surface area contributed by atoms with Gasteiger partial charge in [0.1, 0.15) is 6.61 Å². The molecule has 2 aromatic rings. The first-order valence-electron chi connectivity index (χ1n) is 9.98. The van der Waals surface area contributed by atoms with Gasteiger partial charge in [0.15, 0.2) is 9.34 Å². The number of hydrogen-bond acceptors (Lipinski definition) is 7. The maximum Gasteiger partial charge on any atom is 0.414 e. The number of anilines is 2. The molecule has 1 fully saturated rings. The first-order chi connectivity index (χ1) is 14.7. The van der Waals surface area contributed by atoms with Gasteiger partial charge in [-0.3, -0.25) is 9.69 Å². The highest BCUT2D eigenvalue weighted by atomic mass is 32.2. The summed E-state index contributed by atoms with van der Waals surface area (Å²) in [6.07, 6.45) is 0.609. The van der Waals surface area contributed by atoms with Crippen molar-refractivity contribution >= 4 is 44.2 Å². The van der Waals surface area contributed by atoms with E-state index in [1.807, 2.05) is 25.1 Å². The van der Waals surface area contributed by atoms with Gasteiger partial charge in [-0.15, -0.1) is 0 Å². The molecule has 3 heterocycles. The summed E-state index contributed by atoms with van der Waals surface area (Å²) >= 11 is 0.953. The lowest BCUT2D eigenvalue weighted by molar-refractivity contribution is -0.114. The van der Waals surface area contributed by atoms with Crippen molar-refractivity contribution in [1.82, 2.24) is 9.29 Å². The molecular formula is C20H24N4O5S2. The van der Waals surface area contributed by atoms with Crippen molar-refractivity contribution in [2.75, 3.05) is 23.3 Å². The van der Waals surface area contributed by atoms with E-state index < -0.39 is 10.0 Å². The molecule has 0 bridgehead atoms. The number of carbonyl (C=O) groups is 2. The van der Waals surface area contributed by atoms with Gasteiger partial charge >= 0.3 is 6.09 Å². The summed E-state index contributed by atoms with van der Waals surface area (Å²) in [7, 11) is -3.74. The minimum atomic E-state index is -3.74. The van der Waals surface area contributed by atoms with Crippen LogP contribution < -0.4 is 10.2 Å². The second kappa shape index (κ2) is 8.21. The molecule has 0 saturated carbocycles. The molecule has 166 valence electrons. The number of carbonyl (C=O) groups excluding carboxylic acids is 2. The second-order valence-corrected chi connectivity index (χ2v) is 10.8. The van der Waals surface area contributed by atoms with E-state index in [-0.39, 0.29) is 47.1 Å². The van der Waals surface area contributed by atoms with E-state index in [1.54, 1.807) is 11.8 Å². The van der Waals surface area contributed by atoms with Crippen molar-refractivity contribution in [3.05, 3.63) is 35.0 Å². The Morgan fingerprint density at radius 3 is 2.65 bits per heavy atom. The zero-order valence-electron chi connectivity index (χ0n) is 17.5. The molecule has 2 aliphatic rings. The van der Waals surface area contributed by atoms with Gasteiger partial charge in [0.2, 0.25) is 5.91 Å². The molecule has 1 aromatic carbocycles. The van der Waals surface area contributed by atoms with Crippen molar-refractivity contribution in [2.24, 2.45) is 0 Å². The highest BCUT2D eigenvalue weighted by molar-refractivity contribution is 7.91. The monoisotopic (exact) mass is 464 g/mol. The Hall–Kier alpha value is -2.50. The summed E-state index contributed by atoms with van der Waals surface area (Å²) in [5.41, 5.74) is 3.19. The highest BCUT2D eigenvalue weighted by Crippen LogP contribution is 2.36. The normalized spacial score (nSPS) is 17.9. The number of thiazole rings is 1. The Bertz CT molecular complexity index is 1140. The van der Waals surface area contributed by atoms with Crippen LogP contribution in [0.25, 0.3) is 0 Å². The number of sulfonamides is 1. The maximum absolute atomic E-state index is 13.2. The summed E-state index contributed by atoms with van der Waals surface area (Å²) in [6, 6.07) is 5.70. The number of para-hydroxylation sites is 1. The fourth-order valence-electron chi connectivity index (χ4n) is 4.10. The van der Waals surface area contributed by atoms with Gasteiger partial charge in [0.05, 0.1) is 11.4 Å². The molecule has 31 heavy (non-hydrogen) atoms. The molecule has 1 N–H and O–H groups in total. The quantitative estimate of drug-likeness (QED) is 0.745. The van der Waals surface area contributed by atoms with Gasteiger partial charge < -0.3 is 10.1 Å². The van der Waals surface area contributed by atoms with Crippen molar-refractivity contribution in [3.8, 4) is 0 Å². The molecule has 0 radical (unpaired) electrons. The Labute approximate surface area is 185 Å². The van der Waals surface area contributed by atoms with Crippen LogP contribution in [0.3, 0.4) is 0 Å². The van der Waals surface area contributed by atoms with Crippen LogP contribution in [0.4, 0.5) is 15.6 Å². The van der Waals surface area contributed by atoms with Crippen molar-refractivity contribution in [1.29, 1.82) is 0 Å². The number of nitrogens with one attached hydrogen (secondary N) is 1. The van der Waals surface area contributed by atoms with Gasteiger partial charge in [-0.25, -0.2) is 18.2 Å². The molecule has 4 rings (SSSR count). The second-order valence-electron chi connectivity index (χ2n) is 7.72. The molecule has 1 aromatic heterocycles. The zero-order valence-corrected chi connectivity index (χ0v) is 19.2. The number of nitrogens with zero attached hydrogens (tertiary/aromatic N) is 3. The third-order valence-corrected chi connectivity index (χ3v) is 9.07. The average molecular weight is 465 g/mol. The number of ether oxygens (including phenoxy) is 1. The van der Waals surface area contributed by atoms with Crippen LogP contribution in [-0.4, -0.2) is 48.8 Å². The lowest BCUT2D eigenvalue weighted by Gasteiger charge is -2.40. The lowest BCUT2D eigenvalue weighted by atomic mass is 10.00. The molecular weight excluding hydrogens is 440 g/mol. The number of fused-ring (bicyclic) bond motifs is 1. The van der Waals surface area contributed by atoms with Crippen LogP contribution in [-0.2, 0) is 26.2 Å². The third-order valence-electron chi connectivity index (χ3n) is 5.51. The average Bonchev–Trinajstić information content (AvgIpc) is 3.09. The van der Waals surface area contributed by atoms with E-state index in [2.05, 4.69) is 10.3 Å². The topological polar surface area (TPSA) is 109 Å². The first-order valence-corrected chi connectivity index (χ1v) is 12.2. The summed E-state index contributed by atoms with van der Waals surface area (Å²) in [5, 5.41) is 2.80. The van der Waals surface area contributed by atoms with E-state index in [9.17, 15) is 18.0 Å². The third kappa shape index (κ3) is 4.04. The number of benzene rings is 1. The number of amides is 2. The smallest absolute Gasteiger partial charge is 0.414 e. The van der Waals surface area contributed by atoms with Crippen LogP contribution in [0.1, 0.15) is 36.6 Å². The zero-order chi connectivity index (χ0) is 22.3. The van der Waals surface area contributed by atoms with Gasteiger partial charge in [-0.05, 0) is 32.3 Å². The molecule has 1 saturated heterocycles. The molecule has 0 unspecified atom stereocenters. The van der Waals surface area contributed by atoms with Crippen molar-refractivity contribution in [3.63, 3.8) is 0 Å².